The van der Waals surface area contributed by atoms with Gasteiger partial charge >= 0.3 is 0 Å². The highest BCUT2D eigenvalue weighted by Crippen LogP contribution is 2.30. The van der Waals surface area contributed by atoms with E-state index < -0.39 is 6.10 Å². The van der Waals surface area contributed by atoms with E-state index in [0.717, 1.165) is 10.9 Å². The van der Waals surface area contributed by atoms with Crippen LogP contribution in [0.15, 0.2) is 28.7 Å². The summed E-state index contributed by atoms with van der Waals surface area (Å²) in [5.41, 5.74) is 1.20. The standard InChI is InChI=1S/C12H17BrO2/c1-2-9(7-10(15)8-14)11-5-3-4-6-12(11)13/h3-6,9-10,14-15H,2,7-8H2,1H3. The number of hydrogen-bond donors (Lipinski definition) is 2. The summed E-state index contributed by atoms with van der Waals surface area (Å²) < 4.78 is 1.07. The smallest absolute Gasteiger partial charge is 0.0776 e. The van der Waals surface area contributed by atoms with Crippen LogP contribution in [0.5, 0.6) is 0 Å². The van der Waals surface area contributed by atoms with E-state index >= 15 is 0 Å². The molecule has 3 heteroatoms. The zero-order chi connectivity index (χ0) is 11.3. The number of benzene rings is 1. The minimum Gasteiger partial charge on any atom is -0.394 e. The highest BCUT2D eigenvalue weighted by molar-refractivity contribution is 9.10. The Morgan fingerprint density at radius 2 is 2.00 bits per heavy atom. The molecule has 0 bridgehead atoms. The highest BCUT2D eigenvalue weighted by atomic mass is 79.9. The predicted molar refractivity (Wildman–Crippen MR) is 64.9 cm³/mol. The quantitative estimate of drug-likeness (QED) is 0.866. The van der Waals surface area contributed by atoms with Crippen molar-refractivity contribution in [2.75, 3.05) is 6.61 Å². The summed E-state index contributed by atoms with van der Waals surface area (Å²) in [7, 11) is 0. The molecular weight excluding hydrogens is 256 g/mol. The number of aliphatic hydroxyl groups is 2. The predicted octanol–water partition coefficient (Wildman–Crippen LogP) is 2.69. The summed E-state index contributed by atoms with van der Waals surface area (Å²) in [6, 6.07) is 8.03. The molecule has 2 unspecified atom stereocenters. The van der Waals surface area contributed by atoms with Crippen LogP contribution in [-0.2, 0) is 0 Å². The van der Waals surface area contributed by atoms with Crippen molar-refractivity contribution in [3.63, 3.8) is 0 Å². The van der Waals surface area contributed by atoms with E-state index in [2.05, 4.69) is 28.9 Å². The van der Waals surface area contributed by atoms with Gasteiger partial charge in [0.15, 0.2) is 0 Å². The summed E-state index contributed by atoms with van der Waals surface area (Å²) in [6.45, 7) is 1.93. The largest absolute Gasteiger partial charge is 0.394 e. The monoisotopic (exact) mass is 272 g/mol. The van der Waals surface area contributed by atoms with Gasteiger partial charge in [-0.25, -0.2) is 0 Å². The van der Waals surface area contributed by atoms with Crippen molar-refractivity contribution in [1.82, 2.24) is 0 Å². The molecule has 84 valence electrons. The fourth-order valence-electron chi connectivity index (χ4n) is 1.72. The SMILES string of the molecule is CCC(CC(O)CO)c1ccccc1Br. The molecule has 1 aromatic rings. The molecule has 0 aliphatic heterocycles. The second kappa shape index (κ2) is 6.26. The Kier molecular flexibility index (Phi) is 5.29. The Morgan fingerprint density at radius 1 is 1.33 bits per heavy atom. The molecule has 0 radical (unpaired) electrons. The van der Waals surface area contributed by atoms with Gasteiger partial charge in [-0.05, 0) is 30.4 Å². The maximum atomic E-state index is 9.45. The van der Waals surface area contributed by atoms with Crippen molar-refractivity contribution in [2.45, 2.75) is 31.8 Å². The molecule has 0 aliphatic carbocycles. The summed E-state index contributed by atoms with van der Waals surface area (Å²) in [6.07, 6.45) is 0.942. The van der Waals surface area contributed by atoms with E-state index in [-0.39, 0.29) is 6.61 Å². The number of hydrogen-bond acceptors (Lipinski definition) is 2. The lowest BCUT2D eigenvalue weighted by atomic mass is 9.91. The minimum absolute atomic E-state index is 0.166. The third-order valence-electron chi connectivity index (χ3n) is 2.61. The van der Waals surface area contributed by atoms with Crippen LogP contribution in [0.25, 0.3) is 0 Å². The zero-order valence-electron chi connectivity index (χ0n) is 8.86. The Bertz CT molecular complexity index is 301. The first kappa shape index (κ1) is 12.7. The first-order chi connectivity index (χ1) is 7.19. The molecule has 2 nitrogen and oxygen atoms in total. The van der Waals surface area contributed by atoms with Crippen molar-refractivity contribution in [3.8, 4) is 0 Å². The van der Waals surface area contributed by atoms with Crippen LogP contribution < -0.4 is 0 Å². The van der Waals surface area contributed by atoms with Gasteiger partial charge in [0.05, 0.1) is 12.7 Å². The molecular formula is C12H17BrO2. The molecule has 2 atom stereocenters. The molecule has 0 aromatic heterocycles. The normalized spacial score (nSPS) is 14.9. The average molecular weight is 273 g/mol. The van der Waals surface area contributed by atoms with Crippen molar-refractivity contribution in [2.24, 2.45) is 0 Å². The molecule has 0 aliphatic rings. The van der Waals surface area contributed by atoms with Crippen LogP contribution in [0, 0.1) is 0 Å². The number of rotatable bonds is 5. The van der Waals surface area contributed by atoms with E-state index in [9.17, 15) is 5.11 Å². The number of aliphatic hydroxyl groups excluding tert-OH is 2. The van der Waals surface area contributed by atoms with Crippen molar-refractivity contribution in [3.05, 3.63) is 34.3 Å². The van der Waals surface area contributed by atoms with Crippen LogP contribution in [0.4, 0.5) is 0 Å². The maximum absolute atomic E-state index is 9.45. The van der Waals surface area contributed by atoms with Crippen LogP contribution in [0.1, 0.15) is 31.2 Å². The maximum Gasteiger partial charge on any atom is 0.0776 e. The molecule has 2 N–H and O–H groups in total. The molecule has 0 saturated carbocycles. The zero-order valence-corrected chi connectivity index (χ0v) is 10.4. The molecule has 0 saturated heterocycles. The third kappa shape index (κ3) is 3.59. The van der Waals surface area contributed by atoms with Crippen molar-refractivity contribution < 1.29 is 10.2 Å². The summed E-state index contributed by atoms with van der Waals surface area (Å²) in [5.74, 6) is 0.294. The Balaban J connectivity index is 2.78. The van der Waals surface area contributed by atoms with Gasteiger partial charge in [-0.3, -0.25) is 0 Å². The molecule has 1 rings (SSSR count). The first-order valence-corrected chi connectivity index (χ1v) is 6.01. The van der Waals surface area contributed by atoms with E-state index in [1.165, 1.54) is 5.56 Å². The Labute approximate surface area is 99.1 Å². The fraction of sp³-hybridized carbons (Fsp3) is 0.500. The third-order valence-corrected chi connectivity index (χ3v) is 3.33. The second-order valence-corrected chi connectivity index (χ2v) is 4.55. The molecule has 0 fully saturated rings. The van der Waals surface area contributed by atoms with E-state index in [4.69, 9.17) is 5.11 Å². The van der Waals surface area contributed by atoms with Gasteiger partial charge in [-0.2, -0.15) is 0 Å². The van der Waals surface area contributed by atoms with Crippen molar-refractivity contribution in [1.29, 1.82) is 0 Å². The molecule has 0 heterocycles. The molecule has 0 spiro atoms. The van der Waals surface area contributed by atoms with Crippen LogP contribution >= 0.6 is 15.9 Å². The minimum atomic E-state index is -0.623. The second-order valence-electron chi connectivity index (χ2n) is 3.70. The van der Waals surface area contributed by atoms with Gasteiger partial charge in [0.2, 0.25) is 0 Å². The lowest BCUT2D eigenvalue weighted by Gasteiger charge is -2.19. The summed E-state index contributed by atoms with van der Waals surface area (Å²) >= 11 is 3.51. The molecule has 0 amide bonds. The highest BCUT2D eigenvalue weighted by Gasteiger charge is 2.16. The van der Waals surface area contributed by atoms with E-state index in [1.807, 2.05) is 18.2 Å². The van der Waals surface area contributed by atoms with Gasteiger partial charge in [0, 0.05) is 4.47 Å². The van der Waals surface area contributed by atoms with Gasteiger partial charge in [-0.1, -0.05) is 41.1 Å². The summed E-state index contributed by atoms with van der Waals surface area (Å²) in [4.78, 5) is 0. The fourth-order valence-corrected chi connectivity index (χ4v) is 2.33. The van der Waals surface area contributed by atoms with Crippen molar-refractivity contribution >= 4 is 15.9 Å². The van der Waals surface area contributed by atoms with Gasteiger partial charge in [0.1, 0.15) is 0 Å². The lowest BCUT2D eigenvalue weighted by Crippen LogP contribution is -2.16. The van der Waals surface area contributed by atoms with Gasteiger partial charge < -0.3 is 10.2 Å². The topological polar surface area (TPSA) is 40.5 Å². The molecule has 1 aromatic carbocycles. The van der Waals surface area contributed by atoms with Crippen LogP contribution in [0.3, 0.4) is 0 Å². The van der Waals surface area contributed by atoms with Crippen LogP contribution in [-0.4, -0.2) is 22.9 Å². The first-order valence-electron chi connectivity index (χ1n) is 5.22. The van der Waals surface area contributed by atoms with Crippen LogP contribution in [0.2, 0.25) is 0 Å². The Morgan fingerprint density at radius 3 is 2.53 bits per heavy atom. The molecule has 15 heavy (non-hydrogen) atoms. The van der Waals surface area contributed by atoms with E-state index in [0.29, 0.717) is 12.3 Å². The summed E-state index contributed by atoms with van der Waals surface area (Å²) in [5, 5.41) is 18.3. The van der Waals surface area contributed by atoms with E-state index in [1.54, 1.807) is 0 Å². The van der Waals surface area contributed by atoms with Gasteiger partial charge in [-0.15, -0.1) is 0 Å². The van der Waals surface area contributed by atoms with Gasteiger partial charge in [0.25, 0.3) is 0 Å². The Hall–Kier alpha value is -0.380. The number of halogens is 1. The average Bonchev–Trinajstić information content (AvgIpc) is 2.26. The lowest BCUT2D eigenvalue weighted by molar-refractivity contribution is 0.0817.